The Labute approximate surface area is 99.4 Å². The van der Waals surface area contributed by atoms with Gasteiger partial charge in [0.25, 0.3) is 0 Å². The number of nitrogens with zero attached hydrogens (tertiary/aromatic N) is 1. The van der Waals surface area contributed by atoms with Crippen LogP contribution in [0.25, 0.3) is 0 Å². The summed E-state index contributed by atoms with van der Waals surface area (Å²) in [7, 11) is 1.89. The lowest BCUT2D eigenvalue weighted by molar-refractivity contribution is -0.136. The van der Waals surface area contributed by atoms with E-state index in [-0.39, 0.29) is 17.0 Å². The van der Waals surface area contributed by atoms with Crippen LogP contribution in [0.15, 0.2) is 0 Å². The van der Waals surface area contributed by atoms with Crippen molar-refractivity contribution in [2.24, 2.45) is 5.73 Å². The molecule has 3 heteroatoms. The number of rotatable bonds is 4. The molecule has 0 aromatic heterocycles. The van der Waals surface area contributed by atoms with Crippen LogP contribution < -0.4 is 5.73 Å². The maximum atomic E-state index is 12.2. The molecule has 0 spiro atoms. The summed E-state index contributed by atoms with van der Waals surface area (Å²) in [6, 6.07) is 0. The standard InChI is InChI=1S/C13H26N2O/c1-5-12(2,3)15(4)11(16)10-13(14)8-6-7-9-13/h5-10,14H2,1-4H3. The molecule has 94 valence electrons. The van der Waals surface area contributed by atoms with Gasteiger partial charge < -0.3 is 10.6 Å². The summed E-state index contributed by atoms with van der Waals surface area (Å²) in [5.41, 5.74) is 5.94. The van der Waals surface area contributed by atoms with E-state index in [9.17, 15) is 4.79 Å². The highest BCUT2D eigenvalue weighted by Crippen LogP contribution is 2.31. The van der Waals surface area contributed by atoms with Gasteiger partial charge in [0.1, 0.15) is 0 Å². The summed E-state index contributed by atoms with van der Waals surface area (Å²) in [5.74, 6) is 0.191. The minimum atomic E-state index is -0.227. The van der Waals surface area contributed by atoms with Crippen molar-refractivity contribution < 1.29 is 4.79 Å². The Morgan fingerprint density at radius 2 is 1.88 bits per heavy atom. The zero-order valence-electron chi connectivity index (χ0n) is 11.2. The minimum Gasteiger partial charge on any atom is -0.341 e. The van der Waals surface area contributed by atoms with Crippen LogP contribution >= 0.6 is 0 Å². The molecular formula is C13H26N2O. The first-order valence-electron chi connectivity index (χ1n) is 6.36. The zero-order valence-corrected chi connectivity index (χ0v) is 11.2. The Bertz CT molecular complexity index is 255. The molecule has 2 N–H and O–H groups in total. The monoisotopic (exact) mass is 226 g/mol. The van der Waals surface area contributed by atoms with Crippen molar-refractivity contribution in [3.63, 3.8) is 0 Å². The van der Waals surface area contributed by atoms with Crippen molar-refractivity contribution in [2.45, 2.75) is 70.4 Å². The van der Waals surface area contributed by atoms with Gasteiger partial charge in [0.05, 0.1) is 0 Å². The molecule has 1 fully saturated rings. The normalized spacial score (nSPS) is 19.8. The van der Waals surface area contributed by atoms with Gasteiger partial charge in [-0.15, -0.1) is 0 Å². The van der Waals surface area contributed by atoms with Crippen molar-refractivity contribution in [2.75, 3.05) is 7.05 Å². The molecule has 0 unspecified atom stereocenters. The lowest BCUT2D eigenvalue weighted by Crippen LogP contribution is -2.49. The van der Waals surface area contributed by atoms with Crippen molar-refractivity contribution in [3.05, 3.63) is 0 Å². The van der Waals surface area contributed by atoms with Crippen molar-refractivity contribution in [1.29, 1.82) is 0 Å². The predicted octanol–water partition coefficient (Wildman–Crippen LogP) is 2.29. The van der Waals surface area contributed by atoms with Gasteiger partial charge in [-0.1, -0.05) is 19.8 Å². The SMILES string of the molecule is CCC(C)(C)N(C)C(=O)CC1(N)CCCC1. The fraction of sp³-hybridized carbons (Fsp3) is 0.923. The molecule has 0 bridgehead atoms. The number of amides is 1. The first-order valence-corrected chi connectivity index (χ1v) is 6.36. The average Bonchev–Trinajstić information content (AvgIpc) is 2.63. The van der Waals surface area contributed by atoms with Gasteiger partial charge >= 0.3 is 0 Å². The summed E-state index contributed by atoms with van der Waals surface area (Å²) in [5, 5.41) is 0. The molecule has 1 aliphatic rings. The van der Waals surface area contributed by atoms with E-state index < -0.39 is 0 Å². The molecule has 0 saturated heterocycles. The Morgan fingerprint density at radius 1 is 1.38 bits per heavy atom. The van der Waals surface area contributed by atoms with E-state index in [1.807, 2.05) is 11.9 Å². The summed E-state index contributed by atoms with van der Waals surface area (Å²) < 4.78 is 0. The van der Waals surface area contributed by atoms with Crippen LogP contribution in [0.2, 0.25) is 0 Å². The number of hydrogen-bond acceptors (Lipinski definition) is 2. The van der Waals surface area contributed by atoms with Gasteiger partial charge in [0, 0.05) is 24.5 Å². The summed E-state index contributed by atoms with van der Waals surface area (Å²) in [6.45, 7) is 6.31. The third kappa shape index (κ3) is 2.97. The smallest absolute Gasteiger partial charge is 0.224 e. The van der Waals surface area contributed by atoms with Crippen LogP contribution in [0, 0.1) is 0 Å². The van der Waals surface area contributed by atoms with Gasteiger partial charge in [-0.05, 0) is 33.1 Å². The second-order valence-corrected chi connectivity index (χ2v) is 5.86. The molecule has 3 nitrogen and oxygen atoms in total. The predicted molar refractivity (Wildman–Crippen MR) is 67.1 cm³/mol. The number of hydrogen-bond donors (Lipinski definition) is 1. The van der Waals surface area contributed by atoms with Crippen molar-refractivity contribution in [3.8, 4) is 0 Å². The number of nitrogens with two attached hydrogens (primary N) is 1. The summed E-state index contributed by atoms with van der Waals surface area (Å²) in [6.07, 6.45) is 5.81. The zero-order chi connectivity index (χ0) is 12.4. The molecule has 0 aromatic carbocycles. The molecule has 0 heterocycles. The highest BCUT2D eigenvalue weighted by Gasteiger charge is 2.35. The van der Waals surface area contributed by atoms with Crippen LogP contribution in [0.3, 0.4) is 0 Å². The first-order chi connectivity index (χ1) is 7.31. The fourth-order valence-electron chi connectivity index (χ4n) is 2.25. The van der Waals surface area contributed by atoms with Crippen LogP contribution in [0.1, 0.15) is 59.3 Å². The minimum absolute atomic E-state index is 0.0634. The van der Waals surface area contributed by atoms with E-state index in [0.29, 0.717) is 6.42 Å². The van der Waals surface area contributed by atoms with E-state index in [1.54, 1.807) is 0 Å². The molecule has 1 saturated carbocycles. The largest absolute Gasteiger partial charge is 0.341 e. The van der Waals surface area contributed by atoms with E-state index >= 15 is 0 Å². The van der Waals surface area contributed by atoms with Gasteiger partial charge in [-0.25, -0.2) is 0 Å². The Kier molecular flexibility index (Phi) is 4.00. The number of carbonyl (C=O) groups is 1. The third-order valence-corrected chi connectivity index (χ3v) is 4.25. The van der Waals surface area contributed by atoms with Gasteiger partial charge in [-0.2, -0.15) is 0 Å². The highest BCUT2D eigenvalue weighted by molar-refractivity contribution is 5.78. The first kappa shape index (κ1) is 13.5. The molecule has 0 aliphatic heterocycles. The second-order valence-electron chi connectivity index (χ2n) is 5.86. The van der Waals surface area contributed by atoms with E-state index in [1.165, 1.54) is 12.8 Å². The van der Waals surface area contributed by atoms with E-state index in [2.05, 4.69) is 20.8 Å². The topological polar surface area (TPSA) is 46.3 Å². The van der Waals surface area contributed by atoms with Gasteiger partial charge in [0.2, 0.25) is 5.91 Å². The third-order valence-electron chi connectivity index (χ3n) is 4.25. The molecule has 0 aromatic rings. The molecule has 16 heavy (non-hydrogen) atoms. The van der Waals surface area contributed by atoms with E-state index in [0.717, 1.165) is 19.3 Å². The lowest BCUT2D eigenvalue weighted by Gasteiger charge is -2.37. The van der Waals surface area contributed by atoms with E-state index in [4.69, 9.17) is 5.73 Å². The summed E-state index contributed by atoms with van der Waals surface area (Å²) in [4.78, 5) is 14.0. The maximum absolute atomic E-state index is 12.2. The second kappa shape index (κ2) is 4.74. The highest BCUT2D eigenvalue weighted by atomic mass is 16.2. The fourth-order valence-corrected chi connectivity index (χ4v) is 2.25. The molecule has 1 aliphatic carbocycles. The van der Waals surface area contributed by atoms with Gasteiger partial charge in [0.15, 0.2) is 0 Å². The van der Waals surface area contributed by atoms with Crippen LogP contribution in [-0.2, 0) is 4.79 Å². The van der Waals surface area contributed by atoms with Gasteiger partial charge in [-0.3, -0.25) is 4.79 Å². The Morgan fingerprint density at radius 3 is 2.31 bits per heavy atom. The van der Waals surface area contributed by atoms with Crippen LogP contribution in [0.5, 0.6) is 0 Å². The van der Waals surface area contributed by atoms with Crippen LogP contribution in [0.4, 0.5) is 0 Å². The summed E-state index contributed by atoms with van der Waals surface area (Å²) >= 11 is 0. The maximum Gasteiger partial charge on any atom is 0.224 e. The molecular weight excluding hydrogens is 200 g/mol. The quantitative estimate of drug-likeness (QED) is 0.799. The molecule has 1 rings (SSSR count). The lowest BCUT2D eigenvalue weighted by atomic mass is 9.92. The average molecular weight is 226 g/mol. The van der Waals surface area contributed by atoms with Crippen molar-refractivity contribution >= 4 is 5.91 Å². The Hall–Kier alpha value is -0.570. The Balaban J connectivity index is 2.58. The number of carbonyl (C=O) groups excluding carboxylic acids is 1. The molecule has 0 atom stereocenters. The van der Waals surface area contributed by atoms with Crippen LogP contribution in [-0.4, -0.2) is 28.9 Å². The molecule has 1 amide bonds. The van der Waals surface area contributed by atoms with Crippen molar-refractivity contribution in [1.82, 2.24) is 4.90 Å². The molecule has 0 radical (unpaired) electrons.